The minimum Gasteiger partial charge on any atom is -0.342 e. The molecule has 0 amide bonds. The summed E-state index contributed by atoms with van der Waals surface area (Å²) in [7, 11) is 0. The maximum atomic E-state index is 4.40. The van der Waals surface area contributed by atoms with Gasteiger partial charge >= 0.3 is 0 Å². The number of thiol groups is 2. The number of hydrogen-bond donors (Lipinski definition) is 4. The lowest BCUT2D eigenvalue weighted by Gasteiger charge is -1.86. The van der Waals surface area contributed by atoms with Gasteiger partial charge in [-0.1, -0.05) is 24.3 Å². The molecular weight excluding hydrogens is 336 g/mol. The lowest BCUT2D eigenvalue weighted by molar-refractivity contribution is 1.01. The van der Waals surface area contributed by atoms with E-state index >= 15 is 0 Å². The predicted octanol–water partition coefficient (Wildman–Crippen LogP) is 4.07. The van der Waals surface area contributed by atoms with Crippen molar-refractivity contribution in [3.63, 3.8) is 0 Å². The zero-order valence-electron chi connectivity index (χ0n) is 13.2. The van der Waals surface area contributed by atoms with Crippen LogP contribution in [-0.4, -0.2) is 31.4 Å². The quantitative estimate of drug-likeness (QED) is 0.417. The van der Waals surface area contributed by atoms with Crippen LogP contribution in [0.25, 0.3) is 22.1 Å². The lowest BCUT2D eigenvalue weighted by atomic mass is 10.3. The number of imidazole rings is 2. The molecule has 4 rings (SSSR count). The van der Waals surface area contributed by atoms with Crippen LogP contribution < -0.4 is 0 Å². The van der Waals surface area contributed by atoms with Gasteiger partial charge in [0, 0.05) is 12.8 Å². The molecule has 0 aliphatic rings. The van der Waals surface area contributed by atoms with Gasteiger partial charge in [0.15, 0.2) is 0 Å². The molecule has 4 aromatic rings. The van der Waals surface area contributed by atoms with Gasteiger partial charge in [0.05, 0.1) is 22.1 Å². The first-order valence-electron chi connectivity index (χ1n) is 7.89. The number of nitrogens with zero attached hydrogens (tertiary/aromatic N) is 2. The first-order chi connectivity index (χ1) is 11.8. The smallest absolute Gasteiger partial charge is 0.108 e. The van der Waals surface area contributed by atoms with E-state index in [-0.39, 0.29) is 0 Å². The van der Waals surface area contributed by atoms with E-state index in [0.29, 0.717) is 0 Å². The third-order valence-corrected chi connectivity index (χ3v) is 4.02. The number of aryl methyl sites for hydroxylation is 2. The van der Waals surface area contributed by atoms with E-state index in [1.165, 1.54) is 0 Å². The van der Waals surface area contributed by atoms with E-state index in [9.17, 15) is 0 Å². The fraction of sp³-hybridized carbons (Fsp3) is 0.222. The van der Waals surface area contributed by atoms with Crippen LogP contribution in [0.4, 0.5) is 0 Å². The van der Waals surface area contributed by atoms with Crippen LogP contribution in [0.1, 0.15) is 11.6 Å². The molecule has 0 spiro atoms. The predicted molar refractivity (Wildman–Crippen MR) is 107 cm³/mol. The molecule has 2 N–H and O–H groups in total. The summed E-state index contributed by atoms with van der Waals surface area (Å²) < 4.78 is 0. The molecule has 124 valence electrons. The highest BCUT2D eigenvalue weighted by Gasteiger charge is 2.00. The van der Waals surface area contributed by atoms with Crippen molar-refractivity contribution >= 4 is 47.3 Å². The van der Waals surface area contributed by atoms with Crippen molar-refractivity contribution in [2.24, 2.45) is 0 Å². The molecule has 4 nitrogen and oxygen atoms in total. The van der Waals surface area contributed by atoms with Gasteiger partial charge in [-0.2, -0.15) is 25.3 Å². The van der Waals surface area contributed by atoms with Crippen molar-refractivity contribution in [1.82, 2.24) is 19.9 Å². The normalized spacial score (nSPS) is 10.8. The molecule has 0 saturated heterocycles. The Bertz CT molecular complexity index is 771. The molecule has 0 unspecified atom stereocenters. The fourth-order valence-corrected chi connectivity index (χ4v) is 2.88. The van der Waals surface area contributed by atoms with Crippen LogP contribution in [0.15, 0.2) is 48.5 Å². The number of hydrogen-bond acceptors (Lipinski definition) is 4. The number of benzene rings is 2. The van der Waals surface area contributed by atoms with Gasteiger partial charge in [0.2, 0.25) is 0 Å². The van der Waals surface area contributed by atoms with E-state index in [2.05, 4.69) is 45.2 Å². The van der Waals surface area contributed by atoms with Crippen molar-refractivity contribution in [1.29, 1.82) is 0 Å². The third-order valence-electron chi connectivity index (χ3n) is 3.57. The monoisotopic (exact) mass is 356 g/mol. The van der Waals surface area contributed by atoms with Gasteiger partial charge in [-0.3, -0.25) is 0 Å². The number of fused-ring (bicyclic) bond motifs is 2. The average molecular weight is 357 g/mol. The summed E-state index contributed by atoms with van der Waals surface area (Å²) in [6, 6.07) is 16.1. The molecule has 6 heteroatoms. The second kappa shape index (κ2) is 8.26. The molecular formula is C18H20N4S2. The molecule has 2 aromatic carbocycles. The zero-order chi connectivity index (χ0) is 16.8. The van der Waals surface area contributed by atoms with Crippen molar-refractivity contribution in [3.8, 4) is 0 Å². The maximum Gasteiger partial charge on any atom is 0.108 e. The van der Waals surface area contributed by atoms with E-state index < -0.39 is 0 Å². The first-order valence-corrected chi connectivity index (χ1v) is 9.15. The summed E-state index contributed by atoms with van der Waals surface area (Å²) in [6.07, 6.45) is 1.80. The van der Waals surface area contributed by atoms with Gasteiger partial charge in [-0.05, 0) is 35.8 Å². The Hall–Kier alpha value is -1.92. The summed E-state index contributed by atoms with van der Waals surface area (Å²) in [4.78, 5) is 15.3. The molecule has 0 saturated carbocycles. The largest absolute Gasteiger partial charge is 0.342 e. The molecule has 0 radical (unpaired) electrons. The minimum absolute atomic E-state index is 0.833. The Morgan fingerprint density at radius 1 is 0.667 bits per heavy atom. The number of nitrogens with one attached hydrogen (secondary N) is 2. The van der Waals surface area contributed by atoms with E-state index in [1.807, 2.05) is 48.5 Å². The Kier molecular flexibility index (Phi) is 5.82. The van der Waals surface area contributed by atoms with Crippen LogP contribution in [0, 0.1) is 0 Å². The number of aromatic nitrogens is 4. The highest BCUT2D eigenvalue weighted by atomic mass is 32.1. The van der Waals surface area contributed by atoms with Crippen LogP contribution >= 0.6 is 25.3 Å². The summed E-state index contributed by atoms with van der Waals surface area (Å²) in [5.41, 5.74) is 4.28. The van der Waals surface area contributed by atoms with Gasteiger partial charge in [-0.15, -0.1) is 0 Å². The average Bonchev–Trinajstić information content (AvgIpc) is 3.18. The first kappa shape index (κ1) is 16.9. The van der Waals surface area contributed by atoms with Crippen molar-refractivity contribution in [2.45, 2.75) is 12.8 Å². The van der Waals surface area contributed by atoms with E-state index in [1.54, 1.807) is 0 Å². The second-order valence-corrected chi connectivity index (χ2v) is 6.24. The molecule has 2 aromatic heterocycles. The highest BCUT2D eigenvalue weighted by molar-refractivity contribution is 7.80. The maximum absolute atomic E-state index is 4.40. The Balaban J connectivity index is 0.000000141. The highest BCUT2D eigenvalue weighted by Crippen LogP contribution is 2.11. The van der Waals surface area contributed by atoms with Crippen LogP contribution in [-0.2, 0) is 12.8 Å². The summed E-state index contributed by atoms with van der Waals surface area (Å²) in [6.45, 7) is 0. The Labute approximate surface area is 151 Å². The number of para-hydroxylation sites is 4. The summed E-state index contributed by atoms with van der Waals surface area (Å²) >= 11 is 8.31. The fourth-order valence-electron chi connectivity index (χ4n) is 2.46. The van der Waals surface area contributed by atoms with Crippen molar-refractivity contribution in [2.75, 3.05) is 11.5 Å². The molecule has 0 aliphatic carbocycles. The molecule has 0 aliphatic heterocycles. The SMILES string of the molecule is SCCc1nc2ccccc2[nH]1.SCCc1nc2ccccc2[nH]1. The van der Waals surface area contributed by atoms with Gasteiger partial charge in [0.25, 0.3) is 0 Å². The molecule has 0 bridgehead atoms. The second-order valence-electron chi connectivity index (χ2n) is 5.35. The van der Waals surface area contributed by atoms with Crippen LogP contribution in [0.5, 0.6) is 0 Å². The van der Waals surface area contributed by atoms with E-state index in [4.69, 9.17) is 0 Å². The van der Waals surface area contributed by atoms with Crippen molar-refractivity contribution < 1.29 is 0 Å². The zero-order valence-corrected chi connectivity index (χ0v) is 15.0. The van der Waals surface area contributed by atoms with Crippen molar-refractivity contribution in [3.05, 3.63) is 60.2 Å². The minimum atomic E-state index is 0.833. The molecule has 0 fully saturated rings. The number of aromatic amines is 2. The summed E-state index contributed by atoms with van der Waals surface area (Å²) in [5.74, 6) is 3.71. The third kappa shape index (κ3) is 4.13. The summed E-state index contributed by atoms with van der Waals surface area (Å²) in [5, 5.41) is 0. The van der Waals surface area contributed by atoms with Crippen LogP contribution in [0.3, 0.4) is 0 Å². The molecule has 2 heterocycles. The van der Waals surface area contributed by atoms with Gasteiger partial charge in [-0.25, -0.2) is 9.97 Å². The van der Waals surface area contributed by atoms with Crippen LogP contribution in [0.2, 0.25) is 0 Å². The Morgan fingerprint density at radius 2 is 1.08 bits per heavy atom. The topological polar surface area (TPSA) is 57.4 Å². The van der Waals surface area contributed by atoms with Gasteiger partial charge in [0.1, 0.15) is 11.6 Å². The Morgan fingerprint density at radius 3 is 1.46 bits per heavy atom. The molecule has 0 atom stereocenters. The number of rotatable bonds is 4. The van der Waals surface area contributed by atoms with Gasteiger partial charge < -0.3 is 9.97 Å². The van der Waals surface area contributed by atoms with E-state index in [0.717, 1.165) is 58.1 Å². The lowest BCUT2D eigenvalue weighted by Crippen LogP contribution is -1.87. The molecule has 24 heavy (non-hydrogen) atoms. The number of H-pyrrole nitrogens is 2. The standard InChI is InChI=1S/2C9H10N2S/c2*12-6-5-9-10-7-3-1-2-4-8(7)11-9/h2*1-4,12H,5-6H2,(H,10,11).